The molecule has 1 aromatic carbocycles. The molecule has 0 aliphatic carbocycles. The number of hydrogen-bond donors (Lipinski definition) is 1. The number of alkyl halides is 1. The average Bonchev–Trinajstić information content (AvgIpc) is 2.18. The number of nitrogens with two attached hydrogens (primary N) is 1. The third-order valence-electron chi connectivity index (χ3n) is 1.90. The summed E-state index contributed by atoms with van der Waals surface area (Å²) in [5.74, 6) is 0.848. The molecule has 1 aromatic rings. The van der Waals surface area contributed by atoms with Crippen molar-refractivity contribution in [3.8, 4) is 5.75 Å². The Kier molecular flexibility index (Phi) is 4.06. The molecule has 0 saturated carbocycles. The molecule has 2 nitrogen and oxygen atoms in total. The summed E-state index contributed by atoms with van der Waals surface area (Å²) in [5, 5.41) is 0.0101. The van der Waals surface area contributed by atoms with Crippen molar-refractivity contribution in [3.05, 3.63) is 29.8 Å². The van der Waals surface area contributed by atoms with Gasteiger partial charge >= 0.3 is 0 Å². The Morgan fingerprint density at radius 3 is 2.46 bits per heavy atom. The first-order chi connectivity index (χ1) is 6.27. The monoisotopic (exact) mass is 199 g/mol. The molecule has 0 aliphatic rings. The molecule has 0 aliphatic heterocycles. The van der Waals surface area contributed by atoms with Crippen LogP contribution in [0.1, 0.15) is 17.4 Å². The molecule has 13 heavy (non-hydrogen) atoms. The Morgan fingerprint density at radius 1 is 1.38 bits per heavy atom. The fraction of sp³-hybridized carbons (Fsp3) is 0.400. The second-order valence-corrected chi connectivity index (χ2v) is 3.34. The summed E-state index contributed by atoms with van der Waals surface area (Å²) in [7, 11) is 1.65. The zero-order valence-electron chi connectivity index (χ0n) is 7.66. The molecule has 0 bridgehead atoms. The number of rotatable bonds is 4. The molecule has 1 rings (SSSR count). The second-order valence-electron chi connectivity index (χ2n) is 2.82. The molecule has 0 amide bonds. The van der Waals surface area contributed by atoms with Gasteiger partial charge in [-0.1, -0.05) is 12.1 Å². The maximum absolute atomic E-state index is 6.08. The van der Waals surface area contributed by atoms with E-state index in [1.54, 1.807) is 7.11 Å². The van der Waals surface area contributed by atoms with Gasteiger partial charge in [0.1, 0.15) is 5.75 Å². The van der Waals surface area contributed by atoms with E-state index in [1.807, 2.05) is 24.3 Å². The summed E-state index contributed by atoms with van der Waals surface area (Å²) >= 11 is 6.08. The first-order valence-corrected chi connectivity index (χ1v) is 4.69. The third-order valence-corrected chi connectivity index (χ3v) is 2.37. The standard InChI is InChI=1S/C10H14ClNO/c1-13-9-4-2-8(3-5-9)10(11)6-7-12/h2-5,10H,6-7,12H2,1H3. The van der Waals surface area contributed by atoms with Gasteiger partial charge in [0.15, 0.2) is 0 Å². The van der Waals surface area contributed by atoms with Crippen LogP contribution in [-0.2, 0) is 0 Å². The Morgan fingerprint density at radius 2 is 2.00 bits per heavy atom. The smallest absolute Gasteiger partial charge is 0.118 e. The van der Waals surface area contributed by atoms with Gasteiger partial charge in [0.05, 0.1) is 12.5 Å². The number of halogens is 1. The Bertz CT molecular complexity index is 248. The molecule has 0 heterocycles. The van der Waals surface area contributed by atoms with Crippen molar-refractivity contribution in [2.75, 3.05) is 13.7 Å². The largest absolute Gasteiger partial charge is 0.497 e. The predicted octanol–water partition coefficient (Wildman–Crippen LogP) is 2.32. The van der Waals surface area contributed by atoms with Crippen molar-refractivity contribution in [2.45, 2.75) is 11.8 Å². The molecule has 0 aromatic heterocycles. The minimum absolute atomic E-state index is 0.0101. The Labute approximate surface area is 83.6 Å². The van der Waals surface area contributed by atoms with E-state index in [0.29, 0.717) is 6.54 Å². The summed E-state index contributed by atoms with van der Waals surface area (Å²) < 4.78 is 5.04. The quantitative estimate of drug-likeness (QED) is 0.756. The van der Waals surface area contributed by atoms with Crippen LogP contribution in [0.4, 0.5) is 0 Å². The second kappa shape index (κ2) is 5.10. The molecule has 1 unspecified atom stereocenters. The minimum Gasteiger partial charge on any atom is -0.497 e. The van der Waals surface area contributed by atoms with Crippen LogP contribution in [0.2, 0.25) is 0 Å². The van der Waals surface area contributed by atoms with Crippen LogP contribution < -0.4 is 10.5 Å². The third kappa shape index (κ3) is 2.90. The van der Waals surface area contributed by atoms with E-state index in [1.165, 1.54) is 0 Å². The molecule has 0 radical (unpaired) electrons. The number of hydrogen-bond acceptors (Lipinski definition) is 2. The van der Waals surface area contributed by atoms with Crippen LogP contribution in [0.5, 0.6) is 5.75 Å². The number of ether oxygens (including phenoxy) is 1. The van der Waals surface area contributed by atoms with E-state index in [4.69, 9.17) is 22.1 Å². The first kappa shape index (κ1) is 10.4. The molecular formula is C10H14ClNO. The van der Waals surface area contributed by atoms with Crippen molar-refractivity contribution < 1.29 is 4.74 Å². The van der Waals surface area contributed by atoms with Crippen LogP contribution in [0.15, 0.2) is 24.3 Å². The normalized spacial score (nSPS) is 12.5. The van der Waals surface area contributed by atoms with Crippen molar-refractivity contribution in [3.63, 3.8) is 0 Å². The summed E-state index contributed by atoms with van der Waals surface area (Å²) in [4.78, 5) is 0. The number of benzene rings is 1. The van der Waals surface area contributed by atoms with Crippen molar-refractivity contribution in [1.29, 1.82) is 0 Å². The van der Waals surface area contributed by atoms with Gasteiger partial charge in [-0.05, 0) is 30.7 Å². The van der Waals surface area contributed by atoms with Crippen molar-refractivity contribution >= 4 is 11.6 Å². The maximum Gasteiger partial charge on any atom is 0.118 e. The highest BCUT2D eigenvalue weighted by atomic mass is 35.5. The minimum atomic E-state index is 0.0101. The fourth-order valence-corrected chi connectivity index (χ4v) is 1.40. The highest BCUT2D eigenvalue weighted by Crippen LogP contribution is 2.25. The lowest BCUT2D eigenvalue weighted by atomic mass is 10.1. The van der Waals surface area contributed by atoms with Crippen LogP contribution in [0.3, 0.4) is 0 Å². The van der Waals surface area contributed by atoms with E-state index >= 15 is 0 Å². The van der Waals surface area contributed by atoms with E-state index in [-0.39, 0.29) is 5.38 Å². The Balaban J connectivity index is 2.67. The molecule has 0 saturated heterocycles. The van der Waals surface area contributed by atoms with Gasteiger partial charge in [0.2, 0.25) is 0 Å². The fourth-order valence-electron chi connectivity index (χ4n) is 1.13. The van der Waals surface area contributed by atoms with Gasteiger partial charge in [-0.25, -0.2) is 0 Å². The first-order valence-electron chi connectivity index (χ1n) is 4.26. The Hall–Kier alpha value is -0.730. The van der Waals surface area contributed by atoms with Crippen molar-refractivity contribution in [1.82, 2.24) is 0 Å². The molecule has 0 fully saturated rings. The topological polar surface area (TPSA) is 35.2 Å². The highest BCUT2D eigenvalue weighted by Gasteiger charge is 2.05. The molecular weight excluding hydrogens is 186 g/mol. The highest BCUT2D eigenvalue weighted by molar-refractivity contribution is 6.20. The SMILES string of the molecule is COc1ccc(C(Cl)CCN)cc1. The van der Waals surface area contributed by atoms with Gasteiger partial charge in [-0.2, -0.15) is 0 Å². The average molecular weight is 200 g/mol. The van der Waals surface area contributed by atoms with Gasteiger partial charge in [0.25, 0.3) is 0 Å². The molecule has 3 heteroatoms. The zero-order valence-corrected chi connectivity index (χ0v) is 8.42. The van der Waals surface area contributed by atoms with Crippen molar-refractivity contribution in [2.24, 2.45) is 5.73 Å². The molecule has 0 spiro atoms. The lowest BCUT2D eigenvalue weighted by molar-refractivity contribution is 0.414. The van der Waals surface area contributed by atoms with Gasteiger partial charge in [-0.15, -0.1) is 11.6 Å². The summed E-state index contributed by atoms with van der Waals surface area (Å²) in [6.07, 6.45) is 0.799. The lowest BCUT2D eigenvalue weighted by Gasteiger charge is -2.08. The van der Waals surface area contributed by atoms with Gasteiger partial charge < -0.3 is 10.5 Å². The van der Waals surface area contributed by atoms with E-state index < -0.39 is 0 Å². The summed E-state index contributed by atoms with van der Waals surface area (Å²) in [6.45, 7) is 0.611. The van der Waals surface area contributed by atoms with Gasteiger partial charge in [0, 0.05) is 0 Å². The molecule has 72 valence electrons. The van der Waals surface area contributed by atoms with E-state index in [9.17, 15) is 0 Å². The van der Waals surface area contributed by atoms with Gasteiger partial charge in [-0.3, -0.25) is 0 Å². The van der Waals surface area contributed by atoms with E-state index in [2.05, 4.69) is 0 Å². The van der Waals surface area contributed by atoms with Crippen LogP contribution >= 0.6 is 11.6 Å². The molecule has 1 atom stereocenters. The van der Waals surface area contributed by atoms with Crippen LogP contribution in [-0.4, -0.2) is 13.7 Å². The maximum atomic E-state index is 6.08. The lowest BCUT2D eigenvalue weighted by Crippen LogP contribution is -2.02. The van der Waals surface area contributed by atoms with Crippen LogP contribution in [0.25, 0.3) is 0 Å². The molecule has 2 N–H and O–H groups in total. The zero-order chi connectivity index (χ0) is 9.68. The van der Waals surface area contributed by atoms with E-state index in [0.717, 1.165) is 17.7 Å². The summed E-state index contributed by atoms with van der Waals surface area (Å²) in [5.41, 5.74) is 6.50. The van der Waals surface area contributed by atoms with Crippen LogP contribution in [0, 0.1) is 0 Å². The predicted molar refractivity (Wildman–Crippen MR) is 55.3 cm³/mol. The summed E-state index contributed by atoms with van der Waals surface area (Å²) in [6, 6.07) is 7.74. The number of methoxy groups -OCH3 is 1.